The molecule has 0 unspecified atom stereocenters. The molecule has 1 atom stereocenters. The molecular weight excluding hydrogens is 358 g/mol. The molecular formula is C22H24ClN3O. The number of fused-ring (bicyclic) bond motifs is 1. The highest BCUT2D eigenvalue weighted by molar-refractivity contribution is 6.31. The number of halogens is 1. The van der Waals surface area contributed by atoms with Crippen LogP contribution in [0.1, 0.15) is 43.5 Å². The lowest BCUT2D eigenvalue weighted by Gasteiger charge is -2.17. The fraction of sp³-hybridized carbons (Fsp3) is 0.364. The van der Waals surface area contributed by atoms with Gasteiger partial charge in [0.1, 0.15) is 5.82 Å². The first-order valence-corrected chi connectivity index (χ1v) is 10.0. The SMILES string of the molecule is CCCCN1C[C@H](c2nc3ccccc3n2Cc2ccccc2Cl)CC1=O. The predicted molar refractivity (Wildman–Crippen MR) is 109 cm³/mol. The van der Waals surface area contributed by atoms with Crippen LogP contribution in [0.3, 0.4) is 0 Å². The lowest BCUT2D eigenvalue weighted by Crippen LogP contribution is -2.26. The summed E-state index contributed by atoms with van der Waals surface area (Å²) in [6, 6.07) is 16.1. The van der Waals surface area contributed by atoms with Gasteiger partial charge in [-0.3, -0.25) is 4.79 Å². The van der Waals surface area contributed by atoms with E-state index in [9.17, 15) is 4.79 Å². The molecule has 27 heavy (non-hydrogen) atoms. The summed E-state index contributed by atoms with van der Waals surface area (Å²) >= 11 is 6.41. The Balaban J connectivity index is 1.71. The number of likely N-dealkylation sites (tertiary alicyclic amines) is 1. The molecule has 1 amide bonds. The van der Waals surface area contributed by atoms with Crippen LogP contribution in [0, 0.1) is 0 Å². The zero-order valence-corrected chi connectivity index (χ0v) is 16.3. The normalized spacial score (nSPS) is 17.2. The van der Waals surface area contributed by atoms with Crippen LogP contribution in [0.4, 0.5) is 0 Å². The number of aromatic nitrogens is 2. The monoisotopic (exact) mass is 381 g/mol. The molecule has 1 aliphatic heterocycles. The number of benzene rings is 2. The number of amides is 1. The Bertz CT molecular complexity index is 965. The summed E-state index contributed by atoms with van der Waals surface area (Å²) in [6.07, 6.45) is 2.68. The van der Waals surface area contributed by atoms with Gasteiger partial charge in [0.25, 0.3) is 0 Å². The molecule has 0 bridgehead atoms. The molecule has 2 heterocycles. The molecule has 0 N–H and O–H groups in total. The van der Waals surface area contributed by atoms with Gasteiger partial charge in [-0.1, -0.05) is 55.3 Å². The largest absolute Gasteiger partial charge is 0.342 e. The summed E-state index contributed by atoms with van der Waals surface area (Å²) in [5.74, 6) is 1.36. The van der Waals surface area contributed by atoms with E-state index in [-0.39, 0.29) is 11.8 Å². The molecule has 140 valence electrons. The Morgan fingerprint density at radius 3 is 2.74 bits per heavy atom. The summed E-state index contributed by atoms with van der Waals surface area (Å²) in [6.45, 7) is 4.41. The Labute approximate surface area is 164 Å². The number of nitrogens with zero attached hydrogens (tertiary/aromatic N) is 3. The highest BCUT2D eigenvalue weighted by Crippen LogP contribution is 2.31. The summed E-state index contributed by atoms with van der Waals surface area (Å²) in [5.41, 5.74) is 3.13. The highest BCUT2D eigenvalue weighted by atomic mass is 35.5. The Hall–Kier alpha value is -2.33. The quantitative estimate of drug-likeness (QED) is 0.611. The van der Waals surface area contributed by atoms with Crippen molar-refractivity contribution in [2.45, 2.75) is 38.6 Å². The number of unbranched alkanes of at least 4 members (excludes halogenated alkanes) is 1. The Morgan fingerprint density at radius 1 is 1.15 bits per heavy atom. The first-order valence-electron chi connectivity index (χ1n) is 9.63. The standard InChI is InChI=1S/C22H24ClN3O/c1-2-3-12-25-14-17(13-21(25)27)22-24-19-10-6-7-11-20(19)26(22)15-16-8-4-5-9-18(16)23/h4-11,17H,2-3,12-15H2,1H3/t17-/m1/s1. The molecule has 1 saturated heterocycles. The fourth-order valence-corrected chi connectivity index (χ4v) is 4.07. The van der Waals surface area contributed by atoms with Gasteiger partial charge < -0.3 is 9.47 Å². The second-order valence-corrected chi connectivity index (χ2v) is 7.64. The van der Waals surface area contributed by atoms with E-state index >= 15 is 0 Å². The van der Waals surface area contributed by atoms with Crippen molar-refractivity contribution in [3.8, 4) is 0 Å². The van der Waals surface area contributed by atoms with Crippen molar-refractivity contribution in [1.82, 2.24) is 14.5 Å². The van der Waals surface area contributed by atoms with Gasteiger partial charge in [0.2, 0.25) is 5.91 Å². The number of rotatable bonds is 6. The van der Waals surface area contributed by atoms with Gasteiger partial charge in [0.05, 0.1) is 17.6 Å². The van der Waals surface area contributed by atoms with E-state index in [1.54, 1.807) is 0 Å². The van der Waals surface area contributed by atoms with Crippen LogP contribution in [-0.2, 0) is 11.3 Å². The maximum Gasteiger partial charge on any atom is 0.223 e. The second-order valence-electron chi connectivity index (χ2n) is 7.23. The number of carbonyl (C=O) groups excluding carboxylic acids is 1. The number of hydrogen-bond acceptors (Lipinski definition) is 2. The lowest BCUT2D eigenvalue weighted by atomic mass is 10.1. The summed E-state index contributed by atoms with van der Waals surface area (Å²) in [4.78, 5) is 19.4. The predicted octanol–water partition coefficient (Wildman–Crippen LogP) is 4.85. The maximum absolute atomic E-state index is 12.5. The van der Waals surface area contributed by atoms with E-state index in [2.05, 4.69) is 17.6 Å². The van der Waals surface area contributed by atoms with Crippen LogP contribution in [-0.4, -0.2) is 33.4 Å². The van der Waals surface area contributed by atoms with Gasteiger partial charge in [-0.25, -0.2) is 4.98 Å². The summed E-state index contributed by atoms with van der Waals surface area (Å²) in [7, 11) is 0. The third kappa shape index (κ3) is 3.59. The van der Waals surface area contributed by atoms with Crippen LogP contribution in [0.5, 0.6) is 0 Å². The van der Waals surface area contributed by atoms with Gasteiger partial charge in [0, 0.05) is 30.5 Å². The minimum atomic E-state index is 0.129. The lowest BCUT2D eigenvalue weighted by molar-refractivity contribution is -0.127. The van der Waals surface area contributed by atoms with Crippen molar-refractivity contribution in [1.29, 1.82) is 0 Å². The molecule has 0 saturated carbocycles. The second kappa shape index (κ2) is 7.73. The smallest absolute Gasteiger partial charge is 0.223 e. The fourth-order valence-electron chi connectivity index (χ4n) is 3.88. The average Bonchev–Trinajstić information content (AvgIpc) is 3.22. The minimum absolute atomic E-state index is 0.129. The topological polar surface area (TPSA) is 38.1 Å². The molecule has 5 heteroatoms. The molecule has 0 aliphatic carbocycles. The van der Waals surface area contributed by atoms with Crippen molar-refractivity contribution in [2.75, 3.05) is 13.1 Å². The van der Waals surface area contributed by atoms with Gasteiger partial charge in [-0.15, -0.1) is 0 Å². The maximum atomic E-state index is 12.5. The number of hydrogen-bond donors (Lipinski definition) is 0. The van der Waals surface area contributed by atoms with Crippen molar-refractivity contribution < 1.29 is 4.79 Å². The van der Waals surface area contributed by atoms with Crippen LogP contribution in [0.25, 0.3) is 11.0 Å². The van der Waals surface area contributed by atoms with Crippen molar-refractivity contribution >= 4 is 28.5 Å². The highest BCUT2D eigenvalue weighted by Gasteiger charge is 2.33. The van der Waals surface area contributed by atoms with E-state index in [1.165, 1.54) is 0 Å². The summed E-state index contributed by atoms with van der Waals surface area (Å²) < 4.78 is 2.23. The Kier molecular flexibility index (Phi) is 5.17. The first-order chi connectivity index (χ1) is 13.2. The molecule has 4 nitrogen and oxygen atoms in total. The molecule has 1 aromatic heterocycles. The van der Waals surface area contributed by atoms with Crippen LogP contribution in [0.2, 0.25) is 5.02 Å². The van der Waals surface area contributed by atoms with Crippen molar-refractivity contribution in [3.05, 3.63) is 64.9 Å². The van der Waals surface area contributed by atoms with Crippen LogP contribution < -0.4 is 0 Å². The van der Waals surface area contributed by atoms with Crippen LogP contribution >= 0.6 is 11.6 Å². The zero-order chi connectivity index (χ0) is 18.8. The van der Waals surface area contributed by atoms with E-state index < -0.39 is 0 Å². The molecule has 1 aliphatic rings. The van der Waals surface area contributed by atoms with E-state index in [0.29, 0.717) is 13.0 Å². The number of imidazole rings is 1. The zero-order valence-electron chi connectivity index (χ0n) is 15.6. The van der Waals surface area contributed by atoms with Crippen molar-refractivity contribution in [2.24, 2.45) is 0 Å². The minimum Gasteiger partial charge on any atom is -0.342 e. The van der Waals surface area contributed by atoms with Gasteiger partial charge in [-0.05, 0) is 30.2 Å². The first kappa shape index (κ1) is 18.1. The molecule has 1 fully saturated rings. The van der Waals surface area contributed by atoms with Gasteiger partial charge in [0.15, 0.2) is 0 Å². The molecule has 2 aromatic carbocycles. The molecule has 0 radical (unpaired) electrons. The van der Waals surface area contributed by atoms with E-state index in [4.69, 9.17) is 16.6 Å². The Morgan fingerprint density at radius 2 is 1.93 bits per heavy atom. The molecule has 3 aromatic rings. The number of para-hydroxylation sites is 2. The van der Waals surface area contributed by atoms with Gasteiger partial charge >= 0.3 is 0 Å². The average molecular weight is 382 g/mol. The summed E-state index contributed by atoms with van der Waals surface area (Å²) in [5, 5.41) is 0.758. The van der Waals surface area contributed by atoms with Crippen molar-refractivity contribution in [3.63, 3.8) is 0 Å². The van der Waals surface area contributed by atoms with E-state index in [1.807, 2.05) is 47.4 Å². The van der Waals surface area contributed by atoms with E-state index in [0.717, 1.165) is 53.4 Å². The molecule has 4 rings (SSSR count). The third-order valence-corrected chi connectivity index (χ3v) is 5.70. The third-order valence-electron chi connectivity index (χ3n) is 5.33. The number of carbonyl (C=O) groups is 1. The van der Waals surface area contributed by atoms with Crippen LogP contribution in [0.15, 0.2) is 48.5 Å². The van der Waals surface area contributed by atoms with Gasteiger partial charge in [-0.2, -0.15) is 0 Å². The molecule has 0 spiro atoms.